The number of alkyl halides is 3. The molecule has 0 aromatic heterocycles. The number of carbonyl (C=O) groups is 1. The number of unbranched alkanes of at least 4 members (excludes halogenated alkanes) is 1. The van der Waals surface area contributed by atoms with Crippen LogP contribution in [0.4, 0.5) is 18.9 Å². The van der Waals surface area contributed by atoms with E-state index < -0.39 is 22.7 Å². The van der Waals surface area contributed by atoms with Crippen molar-refractivity contribution < 1.29 is 18.0 Å². The Bertz CT molecular complexity index is 767. The zero-order valence-electron chi connectivity index (χ0n) is 13.5. The fourth-order valence-corrected chi connectivity index (χ4v) is 2.38. The first-order valence-corrected chi connectivity index (χ1v) is 8.13. The number of hydrogen-bond acceptors (Lipinski definition) is 1. The lowest BCUT2D eigenvalue weighted by Gasteiger charge is -2.12. The lowest BCUT2D eigenvalue weighted by atomic mass is 10.1. The Morgan fingerprint density at radius 1 is 1.16 bits per heavy atom. The fourth-order valence-electron chi connectivity index (χ4n) is 2.16. The molecule has 6 heteroatoms. The van der Waals surface area contributed by atoms with E-state index in [0.717, 1.165) is 30.5 Å². The summed E-state index contributed by atoms with van der Waals surface area (Å²) in [6, 6.07) is 10.1. The van der Waals surface area contributed by atoms with Crippen LogP contribution in [0.2, 0.25) is 5.02 Å². The van der Waals surface area contributed by atoms with Gasteiger partial charge in [0.2, 0.25) is 0 Å². The summed E-state index contributed by atoms with van der Waals surface area (Å²) in [4.78, 5) is 12.2. The van der Waals surface area contributed by atoms with E-state index in [1.54, 1.807) is 24.3 Å². The molecule has 0 aliphatic carbocycles. The van der Waals surface area contributed by atoms with Gasteiger partial charge in [-0.3, -0.25) is 4.79 Å². The molecule has 0 saturated carbocycles. The van der Waals surface area contributed by atoms with Crippen molar-refractivity contribution in [2.45, 2.75) is 25.9 Å². The minimum Gasteiger partial charge on any atom is -0.322 e. The van der Waals surface area contributed by atoms with Crippen LogP contribution in [0.25, 0.3) is 6.08 Å². The van der Waals surface area contributed by atoms with Gasteiger partial charge in [0, 0.05) is 11.3 Å². The van der Waals surface area contributed by atoms with Crippen LogP contribution in [0.15, 0.2) is 48.5 Å². The number of benzene rings is 2. The van der Waals surface area contributed by atoms with Crippen LogP contribution in [0, 0.1) is 0 Å². The highest BCUT2D eigenvalue weighted by molar-refractivity contribution is 6.31. The second-order valence-corrected chi connectivity index (χ2v) is 5.87. The lowest BCUT2D eigenvalue weighted by Crippen LogP contribution is -2.13. The van der Waals surface area contributed by atoms with E-state index in [2.05, 4.69) is 12.2 Å². The fraction of sp³-hybridized carbons (Fsp3) is 0.211. The van der Waals surface area contributed by atoms with Crippen molar-refractivity contribution in [1.29, 1.82) is 0 Å². The summed E-state index contributed by atoms with van der Waals surface area (Å²) in [6.07, 6.45) is 1.45. The molecule has 25 heavy (non-hydrogen) atoms. The third-order valence-electron chi connectivity index (χ3n) is 3.47. The van der Waals surface area contributed by atoms with Gasteiger partial charge in [0.25, 0.3) is 5.91 Å². The predicted octanol–water partition coefficient (Wildman–Crippen LogP) is 6.42. The normalized spacial score (nSPS) is 11.7. The Hall–Kier alpha value is -2.27. The monoisotopic (exact) mass is 367 g/mol. The first kappa shape index (κ1) is 19.1. The number of allylic oxidation sites excluding steroid dienone is 1. The average Bonchev–Trinajstić information content (AvgIpc) is 2.56. The van der Waals surface area contributed by atoms with Crippen molar-refractivity contribution in [3.05, 3.63) is 70.3 Å². The first-order chi connectivity index (χ1) is 11.8. The molecule has 2 nitrogen and oxygen atoms in total. The largest absolute Gasteiger partial charge is 0.417 e. The molecule has 0 heterocycles. The van der Waals surface area contributed by atoms with E-state index in [9.17, 15) is 18.0 Å². The van der Waals surface area contributed by atoms with E-state index in [4.69, 9.17) is 11.6 Å². The quantitative estimate of drug-likeness (QED) is 0.648. The van der Waals surface area contributed by atoms with Crippen molar-refractivity contribution >= 4 is 29.3 Å². The molecule has 0 saturated heterocycles. The van der Waals surface area contributed by atoms with Crippen molar-refractivity contribution in [1.82, 2.24) is 0 Å². The van der Waals surface area contributed by atoms with Crippen LogP contribution < -0.4 is 5.32 Å². The molecule has 0 aliphatic rings. The molecule has 0 spiro atoms. The highest BCUT2D eigenvalue weighted by atomic mass is 35.5. The standard InChI is InChI=1S/C19H17ClF3NO/c1-2-3-4-5-13-6-8-14(9-7-13)18(25)24-15-10-11-17(20)16(12-15)19(21,22)23/h4-12H,2-3H2,1H3,(H,24,25). The molecule has 1 N–H and O–H groups in total. The highest BCUT2D eigenvalue weighted by Crippen LogP contribution is 2.36. The molecular weight excluding hydrogens is 351 g/mol. The van der Waals surface area contributed by atoms with Crippen molar-refractivity contribution in [3.63, 3.8) is 0 Å². The second-order valence-electron chi connectivity index (χ2n) is 5.46. The van der Waals surface area contributed by atoms with Crippen LogP contribution in [0.1, 0.15) is 41.3 Å². The average molecular weight is 368 g/mol. The molecule has 0 fully saturated rings. The maximum Gasteiger partial charge on any atom is 0.417 e. The van der Waals surface area contributed by atoms with E-state index in [0.29, 0.717) is 5.56 Å². The Morgan fingerprint density at radius 3 is 2.44 bits per heavy atom. The highest BCUT2D eigenvalue weighted by Gasteiger charge is 2.33. The number of anilines is 1. The molecule has 0 unspecified atom stereocenters. The molecule has 2 rings (SSSR count). The molecule has 0 aliphatic heterocycles. The zero-order chi connectivity index (χ0) is 18.4. The van der Waals surface area contributed by atoms with Gasteiger partial charge in [-0.15, -0.1) is 0 Å². The summed E-state index contributed by atoms with van der Waals surface area (Å²) in [5, 5.41) is 2.05. The van der Waals surface area contributed by atoms with Gasteiger partial charge in [0.05, 0.1) is 10.6 Å². The van der Waals surface area contributed by atoms with Gasteiger partial charge in [-0.05, 0) is 42.3 Å². The Morgan fingerprint density at radius 2 is 1.84 bits per heavy atom. The van der Waals surface area contributed by atoms with Gasteiger partial charge in [-0.25, -0.2) is 0 Å². The van der Waals surface area contributed by atoms with Crippen LogP contribution in [0.3, 0.4) is 0 Å². The molecule has 132 valence electrons. The van der Waals surface area contributed by atoms with Crippen LogP contribution in [-0.2, 0) is 6.18 Å². The predicted molar refractivity (Wildman–Crippen MR) is 94.8 cm³/mol. The first-order valence-electron chi connectivity index (χ1n) is 7.76. The molecule has 2 aromatic carbocycles. The van der Waals surface area contributed by atoms with Gasteiger partial charge in [0.15, 0.2) is 0 Å². The van der Waals surface area contributed by atoms with Gasteiger partial charge < -0.3 is 5.32 Å². The van der Waals surface area contributed by atoms with Gasteiger partial charge in [-0.1, -0.05) is 49.2 Å². The van der Waals surface area contributed by atoms with Crippen molar-refractivity contribution in [2.24, 2.45) is 0 Å². The number of rotatable bonds is 5. The number of halogens is 4. The Kier molecular flexibility index (Phi) is 6.26. The summed E-state index contributed by atoms with van der Waals surface area (Å²) in [7, 11) is 0. The molecule has 2 aromatic rings. The van der Waals surface area contributed by atoms with E-state index in [1.807, 2.05) is 12.2 Å². The van der Waals surface area contributed by atoms with Gasteiger partial charge >= 0.3 is 6.18 Å². The van der Waals surface area contributed by atoms with E-state index in [-0.39, 0.29) is 5.69 Å². The minimum atomic E-state index is -4.58. The van der Waals surface area contributed by atoms with Crippen molar-refractivity contribution in [2.75, 3.05) is 5.32 Å². The van der Waals surface area contributed by atoms with E-state index in [1.165, 1.54) is 6.07 Å². The second kappa shape index (κ2) is 8.21. The summed E-state index contributed by atoms with van der Waals surface area (Å²) in [5.74, 6) is -0.487. The third kappa shape index (κ3) is 5.36. The van der Waals surface area contributed by atoms with Gasteiger partial charge in [-0.2, -0.15) is 13.2 Å². The van der Waals surface area contributed by atoms with Crippen LogP contribution in [-0.4, -0.2) is 5.91 Å². The summed E-state index contributed by atoms with van der Waals surface area (Å²) in [5.41, 5.74) is 0.365. The topological polar surface area (TPSA) is 29.1 Å². The SMILES string of the molecule is CCCC=Cc1ccc(C(=O)Nc2ccc(Cl)c(C(F)(F)F)c2)cc1. The van der Waals surface area contributed by atoms with Crippen LogP contribution in [0.5, 0.6) is 0 Å². The summed E-state index contributed by atoms with van der Waals surface area (Å²) in [6.45, 7) is 2.08. The molecular formula is C19H17ClF3NO. The Labute approximate surface area is 149 Å². The van der Waals surface area contributed by atoms with Crippen LogP contribution >= 0.6 is 11.6 Å². The van der Waals surface area contributed by atoms with E-state index >= 15 is 0 Å². The van der Waals surface area contributed by atoms with Crippen molar-refractivity contribution in [3.8, 4) is 0 Å². The molecule has 1 amide bonds. The summed E-state index contributed by atoms with van der Waals surface area (Å²) >= 11 is 5.56. The minimum absolute atomic E-state index is 0.0358. The smallest absolute Gasteiger partial charge is 0.322 e. The number of carbonyl (C=O) groups excluding carboxylic acids is 1. The maximum absolute atomic E-state index is 12.9. The lowest BCUT2D eigenvalue weighted by molar-refractivity contribution is -0.137. The third-order valence-corrected chi connectivity index (χ3v) is 3.80. The number of nitrogens with one attached hydrogen (secondary N) is 1. The zero-order valence-corrected chi connectivity index (χ0v) is 14.3. The molecule has 0 atom stereocenters. The van der Waals surface area contributed by atoms with Gasteiger partial charge in [0.1, 0.15) is 0 Å². The molecule has 0 radical (unpaired) electrons. The maximum atomic E-state index is 12.9. The number of amides is 1. The Balaban J connectivity index is 2.12. The summed E-state index contributed by atoms with van der Waals surface area (Å²) < 4.78 is 38.6. The number of hydrogen-bond donors (Lipinski definition) is 1. The molecule has 0 bridgehead atoms.